The minimum Gasteiger partial charge on any atom is -0.228 e. The summed E-state index contributed by atoms with van der Waals surface area (Å²) in [6.07, 6.45) is 2.05. The Morgan fingerprint density at radius 2 is 1.68 bits per heavy atom. The van der Waals surface area contributed by atoms with Crippen molar-refractivity contribution in [3.63, 3.8) is 0 Å². The molecule has 0 aliphatic rings. The van der Waals surface area contributed by atoms with E-state index in [0.717, 1.165) is 16.5 Å². The zero-order valence-corrected chi connectivity index (χ0v) is 11.9. The van der Waals surface area contributed by atoms with Gasteiger partial charge >= 0.3 is 0 Å². The van der Waals surface area contributed by atoms with Crippen LogP contribution < -0.4 is 0 Å². The molecule has 0 aliphatic carbocycles. The molecule has 0 atom stereocenters. The normalized spacial score (nSPS) is 10.8. The van der Waals surface area contributed by atoms with Gasteiger partial charge in [-0.1, -0.05) is 35.9 Å². The summed E-state index contributed by atoms with van der Waals surface area (Å²) in [6.45, 7) is 0. The van der Waals surface area contributed by atoms with Crippen LogP contribution in [0.1, 0.15) is 0 Å². The number of nitrogens with zero attached hydrogens (tertiary/aromatic N) is 2. The third-order valence-electron chi connectivity index (χ3n) is 2.90. The Bertz CT molecular complexity index is 726. The fourth-order valence-corrected chi connectivity index (χ4v) is 2.56. The maximum atomic E-state index is 6.22. The molecule has 0 saturated heterocycles. The molecule has 1 aromatic heterocycles. The van der Waals surface area contributed by atoms with Crippen LogP contribution in [0.3, 0.4) is 0 Å². The molecule has 0 unspecified atom stereocenters. The fourth-order valence-electron chi connectivity index (χ4n) is 1.91. The summed E-state index contributed by atoms with van der Waals surface area (Å²) >= 11 is 7.93. The SMILES string of the molecule is CSc1ccc(-c2nc(Cl)c3ccccc3n2)cc1. The van der Waals surface area contributed by atoms with Gasteiger partial charge in [-0.2, -0.15) is 0 Å². The summed E-state index contributed by atoms with van der Waals surface area (Å²) < 4.78 is 0. The number of rotatable bonds is 2. The molecule has 0 N–H and O–H groups in total. The van der Waals surface area contributed by atoms with Crippen LogP contribution in [-0.2, 0) is 0 Å². The maximum Gasteiger partial charge on any atom is 0.161 e. The molecule has 94 valence electrons. The van der Waals surface area contributed by atoms with Crippen molar-refractivity contribution >= 4 is 34.3 Å². The van der Waals surface area contributed by atoms with E-state index in [1.807, 2.05) is 36.4 Å². The lowest BCUT2D eigenvalue weighted by atomic mass is 10.2. The quantitative estimate of drug-likeness (QED) is 0.506. The zero-order valence-electron chi connectivity index (χ0n) is 10.3. The molecule has 0 saturated carbocycles. The van der Waals surface area contributed by atoms with E-state index >= 15 is 0 Å². The topological polar surface area (TPSA) is 25.8 Å². The predicted molar refractivity (Wildman–Crippen MR) is 81.8 cm³/mol. The maximum absolute atomic E-state index is 6.22. The summed E-state index contributed by atoms with van der Waals surface area (Å²) in [5, 5.41) is 1.38. The van der Waals surface area contributed by atoms with Gasteiger partial charge in [0.05, 0.1) is 5.52 Å². The molecule has 1 heterocycles. The van der Waals surface area contributed by atoms with Crippen LogP contribution in [0.5, 0.6) is 0 Å². The summed E-state index contributed by atoms with van der Waals surface area (Å²) in [6, 6.07) is 15.9. The lowest BCUT2D eigenvalue weighted by molar-refractivity contribution is 1.22. The van der Waals surface area contributed by atoms with Crippen molar-refractivity contribution in [2.45, 2.75) is 4.90 Å². The van der Waals surface area contributed by atoms with Crippen molar-refractivity contribution in [3.05, 3.63) is 53.7 Å². The summed E-state index contributed by atoms with van der Waals surface area (Å²) in [5.41, 5.74) is 1.84. The van der Waals surface area contributed by atoms with Crippen molar-refractivity contribution in [1.82, 2.24) is 9.97 Å². The molecule has 4 heteroatoms. The Kier molecular flexibility index (Phi) is 3.40. The van der Waals surface area contributed by atoms with E-state index in [1.165, 1.54) is 4.90 Å². The molecule has 0 radical (unpaired) electrons. The molecule has 0 aliphatic heterocycles. The average molecular weight is 287 g/mol. The van der Waals surface area contributed by atoms with Gasteiger partial charge in [0.25, 0.3) is 0 Å². The van der Waals surface area contributed by atoms with Crippen molar-refractivity contribution < 1.29 is 0 Å². The van der Waals surface area contributed by atoms with Gasteiger partial charge in [-0.3, -0.25) is 0 Å². The number of aromatic nitrogens is 2. The smallest absolute Gasteiger partial charge is 0.161 e. The Balaban J connectivity index is 2.14. The summed E-state index contributed by atoms with van der Waals surface area (Å²) in [7, 11) is 0. The number of halogens is 1. The van der Waals surface area contributed by atoms with E-state index in [0.29, 0.717) is 11.0 Å². The average Bonchev–Trinajstić information content (AvgIpc) is 2.47. The zero-order chi connectivity index (χ0) is 13.2. The van der Waals surface area contributed by atoms with E-state index < -0.39 is 0 Å². The monoisotopic (exact) mass is 286 g/mol. The predicted octanol–water partition coefficient (Wildman–Crippen LogP) is 4.67. The second-order valence-electron chi connectivity index (χ2n) is 4.08. The van der Waals surface area contributed by atoms with Crippen molar-refractivity contribution in [2.24, 2.45) is 0 Å². The third kappa shape index (κ3) is 2.44. The largest absolute Gasteiger partial charge is 0.228 e. The number of thioether (sulfide) groups is 1. The van der Waals surface area contributed by atoms with Crippen LogP contribution in [0.15, 0.2) is 53.4 Å². The molecule has 0 fully saturated rings. The van der Waals surface area contributed by atoms with Gasteiger partial charge in [0.1, 0.15) is 5.15 Å². The minimum absolute atomic E-state index is 0.495. The first-order valence-corrected chi connectivity index (χ1v) is 7.45. The highest BCUT2D eigenvalue weighted by Gasteiger charge is 2.07. The van der Waals surface area contributed by atoms with Gasteiger partial charge in [0, 0.05) is 15.8 Å². The first-order valence-electron chi connectivity index (χ1n) is 5.84. The van der Waals surface area contributed by atoms with Crippen molar-refractivity contribution in [1.29, 1.82) is 0 Å². The molecule has 19 heavy (non-hydrogen) atoms. The van der Waals surface area contributed by atoms with Crippen LogP contribution in [0.25, 0.3) is 22.3 Å². The second kappa shape index (κ2) is 5.19. The van der Waals surface area contributed by atoms with Gasteiger partial charge in [-0.15, -0.1) is 11.8 Å². The van der Waals surface area contributed by atoms with E-state index in [2.05, 4.69) is 28.4 Å². The van der Waals surface area contributed by atoms with E-state index in [9.17, 15) is 0 Å². The molecule has 2 nitrogen and oxygen atoms in total. The van der Waals surface area contributed by atoms with Crippen molar-refractivity contribution in [3.8, 4) is 11.4 Å². The Labute approximate surface area is 120 Å². The highest BCUT2D eigenvalue weighted by atomic mass is 35.5. The molecule has 0 spiro atoms. The summed E-state index contributed by atoms with van der Waals surface area (Å²) in [5.74, 6) is 0.663. The molecule has 0 bridgehead atoms. The number of para-hydroxylation sites is 1. The third-order valence-corrected chi connectivity index (χ3v) is 3.94. The minimum atomic E-state index is 0.495. The molecule has 0 amide bonds. The second-order valence-corrected chi connectivity index (χ2v) is 5.32. The molecular formula is C15H11ClN2S. The lowest BCUT2D eigenvalue weighted by Crippen LogP contribution is -1.91. The van der Waals surface area contributed by atoms with Crippen LogP contribution in [0.2, 0.25) is 5.15 Å². The Morgan fingerprint density at radius 1 is 0.947 bits per heavy atom. The van der Waals surface area contributed by atoms with E-state index in [-0.39, 0.29) is 0 Å². The van der Waals surface area contributed by atoms with Crippen LogP contribution in [0.4, 0.5) is 0 Å². The Hall–Kier alpha value is -1.58. The van der Waals surface area contributed by atoms with Crippen LogP contribution in [-0.4, -0.2) is 16.2 Å². The standard InChI is InChI=1S/C15H11ClN2S/c1-19-11-8-6-10(7-9-11)15-17-13-5-3-2-4-12(13)14(16)18-15/h2-9H,1H3. The van der Waals surface area contributed by atoms with Crippen LogP contribution in [0, 0.1) is 0 Å². The number of benzene rings is 2. The van der Waals surface area contributed by atoms with Gasteiger partial charge in [-0.25, -0.2) is 9.97 Å². The summed E-state index contributed by atoms with van der Waals surface area (Å²) in [4.78, 5) is 10.2. The molecule has 3 rings (SSSR count). The lowest BCUT2D eigenvalue weighted by Gasteiger charge is -2.05. The van der Waals surface area contributed by atoms with E-state index in [1.54, 1.807) is 11.8 Å². The fraction of sp³-hybridized carbons (Fsp3) is 0.0667. The van der Waals surface area contributed by atoms with Gasteiger partial charge in [0.15, 0.2) is 5.82 Å². The number of hydrogen-bond donors (Lipinski definition) is 0. The highest BCUT2D eigenvalue weighted by Crippen LogP contribution is 2.25. The Morgan fingerprint density at radius 3 is 2.42 bits per heavy atom. The van der Waals surface area contributed by atoms with Gasteiger partial charge in [-0.05, 0) is 30.5 Å². The number of hydrogen-bond acceptors (Lipinski definition) is 3. The number of fused-ring (bicyclic) bond motifs is 1. The van der Waals surface area contributed by atoms with E-state index in [4.69, 9.17) is 11.6 Å². The van der Waals surface area contributed by atoms with Gasteiger partial charge in [0.2, 0.25) is 0 Å². The first kappa shape index (κ1) is 12.5. The molecule has 2 aromatic carbocycles. The highest BCUT2D eigenvalue weighted by molar-refractivity contribution is 7.98. The first-order chi connectivity index (χ1) is 9.28. The van der Waals surface area contributed by atoms with Crippen molar-refractivity contribution in [2.75, 3.05) is 6.26 Å². The van der Waals surface area contributed by atoms with Crippen LogP contribution >= 0.6 is 23.4 Å². The molecule has 3 aromatic rings. The van der Waals surface area contributed by atoms with Gasteiger partial charge < -0.3 is 0 Å². The molecular weight excluding hydrogens is 276 g/mol.